The number of hydrogen-bond acceptors (Lipinski definition) is 3. The van der Waals surface area contributed by atoms with E-state index in [9.17, 15) is 0 Å². The van der Waals surface area contributed by atoms with Crippen LogP contribution in [0, 0.1) is 0 Å². The Morgan fingerprint density at radius 1 is 1.23 bits per heavy atom. The van der Waals surface area contributed by atoms with E-state index in [0.29, 0.717) is 24.6 Å². The lowest BCUT2D eigenvalue weighted by molar-refractivity contribution is -0.0394. The van der Waals surface area contributed by atoms with E-state index in [1.54, 1.807) is 0 Å². The fraction of sp³-hybridized carbons (Fsp3) is 0.500. The Labute approximate surface area is 132 Å². The smallest absolute Gasteiger partial charge is 0.145 e. The van der Waals surface area contributed by atoms with E-state index in [0.717, 1.165) is 12.8 Å². The van der Waals surface area contributed by atoms with Crippen LogP contribution in [0.5, 0.6) is 0 Å². The quantitative estimate of drug-likeness (QED) is 0.937. The Hall–Kier alpha value is -1.81. The Morgan fingerprint density at radius 3 is 2.55 bits per heavy atom. The third kappa shape index (κ3) is 3.17. The molecule has 0 bridgehead atoms. The molecular weight excluding hydrogens is 274 g/mol. The van der Waals surface area contributed by atoms with Gasteiger partial charge in [0.25, 0.3) is 0 Å². The number of benzene rings is 1. The molecule has 4 heteroatoms. The lowest BCUT2D eigenvalue weighted by Crippen LogP contribution is -2.36. The molecule has 1 fully saturated rings. The highest BCUT2D eigenvalue weighted by atomic mass is 16.5. The highest BCUT2D eigenvalue weighted by molar-refractivity contribution is 5.33. The molecule has 2 N–H and O–H groups in total. The summed E-state index contributed by atoms with van der Waals surface area (Å²) in [6.07, 6.45) is 2.34. The van der Waals surface area contributed by atoms with Crippen LogP contribution in [0.4, 0.5) is 5.82 Å². The van der Waals surface area contributed by atoms with E-state index in [1.807, 2.05) is 24.3 Å². The fourth-order valence-corrected chi connectivity index (χ4v) is 2.91. The third-order valence-electron chi connectivity index (χ3n) is 4.27. The molecule has 0 atom stereocenters. The van der Waals surface area contributed by atoms with Gasteiger partial charge in [-0.3, -0.25) is 4.68 Å². The van der Waals surface area contributed by atoms with Crippen molar-refractivity contribution in [2.24, 2.45) is 0 Å². The van der Waals surface area contributed by atoms with E-state index < -0.39 is 0 Å². The third-order valence-corrected chi connectivity index (χ3v) is 4.27. The second-order valence-electron chi connectivity index (χ2n) is 7.19. The topological polar surface area (TPSA) is 53.1 Å². The molecule has 0 unspecified atom stereocenters. The van der Waals surface area contributed by atoms with Gasteiger partial charge in [0.1, 0.15) is 5.82 Å². The van der Waals surface area contributed by atoms with Crippen LogP contribution in [0.25, 0.3) is 0 Å². The summed E-state index contributed by atoms with van der Waals surface area (Å²) in [5.74, 6) is 0.610. The maximum atomic E-state index is 5.98. The molecule has 1 saturated carbocycles. The van der Waals surface area contributed by atoms with Crippen molar-refractivity contribution >= 4 is 5.82 Å². The Kier molecular flexibility index (Phi) is 3.96. The van der Waals surface area contributed by atoms with Gasteiger partial charge in [-0.25, -0.2) is 0 Å². The van der Waals surface area contributed by atoms with Crippen LogP contribution in [-0.2, 0) is 16.8 Å². The summed E-state index contributed by atoms with van der Waals surface area (Å²) >= 11 is 0. The summed E-state index contributed by atoms with van der Waals surface area (Å²) in [5.41, 5.74) is 8.39. The van der Waals surface area contributed by atoms with Crippen LogP contribution in [-0.4, -0.2) is 15.9 Å². The second kappa shape index (κ2) is 5.76. The van der Waals surface area contributed by atoms with Crippen LogP contribution >= 0.6 is 0 Å². The molecule has 1 aliphatic rings. The first kappa shape index (κ1) is 15.1. The molecule has 1 aromatic carbocycles. The van der Waals surface area contributed by atoms with Gasteiger partial charge in [-0.2, -0.15) is 5.10 Å². The van der Waals surface area contributed by atoms with Gasteiger partial charge < -0.3 is 10.5 Å². The summed E-state index contributed by atoms with van der Waals surface area (Å²) in [6.45, 7) is 7.28. The first-order valence-electron chi connectivity index (χ1n) is 7.94. The number of nitrogen functional groups attached to an aromatic ring is 1. The molecule has 0 radical (unpaired) electrons. The highest BCUT2D eigenvalue weighted by Gasteiger charge is 2.35. The summed E-state index contributed by atoms with van der Waals surface area (Å²) in [7, 11) is 0. The maximum Gasteiger partial charge on any atom is 0.145 e. The predicted octanol–water partition coefficient (Wildman–Crippen LogP) is 3.68. The van der Waals surface area contributed by atoms with E-state index >= 15 is 0 Å². The number of rotatable bonds is 4. The molecule has 118 valence electrons. The van der Waals surface area contributed by atoms with Crippen LogP contribution in [0.3, 0.4) is 0 Å². The Balaban J connectivity index is 1.58. The second-order valence-corrected chi connectivity index (χ2v) is 7.19. The molecule has 1 aliphatic carbocycles. The molecule has 4 nitrogen and oxygen atoms in total. The molecule has 0 aliphatic heterocycles. The van der Waals surface area contributed by atoms with Gasteiger partial charge >= 0.3 is 0 Å². The largest absolute Gasteiger partial charge is 0.382 e. The average molecular weight is 299 g/mol. The van der Waals surface area contributed by atoms with Crippen molar-refractivity contribution in [2.45, 2.75) is 57.8 Å². The molecular formula is C18H25N3O. The van der Waals surface area contributed by atoms with E-state index in [2.05, 4.69) is 42.7 Å². The van der Waals surface area contributed by atoms with Gasteiger partial charge in [0.05, 0.1) is 18.8 Å². The van der Waals surface area contributed by atoms with Crippen LogP contribution < -0.4 is 5.73 Å². The minimum atomic E-state index is 0.0562. The van der Waals surface area contributed by atoms with E-state index in [-0.39, 0.29) is 5.41 Å². The SMILES string of the molecule is CC(C)(C)c1cc(N)nn1C1CC(OCc2ccccc2)C1. The number of nitrogens with two attached hydrogens (primary N) is 1. The normalized spacial score (nSPS) is 21.6. The Bertz CT molecular complexity index is 622. The first-order valence-corrected chi connectivity index (χ1v) is 7.94. The van der Waals surface area contributed by atoms with Crippen molar-refractivity contribution < 1.29 is 4.74 Å². The van der Waals surface area contributed by atoms with E-state index in [1.165, 1.54) is 11.3 Å². The lowest BCUT2D eigenvalue weighted by Gasteiger charge is -2.37. The minimum absolute atomic E-state index is 0.0562. The van der Waals surface area contributed by atoms with Crippen LogP contribution in [0.15, 0.2) is 36.4 Å². The molecule has 2 aromatic rings. The van der Waals surface area contributed by atoms with Gasteiger partial charge in [0, 0.05) is 17.2 Å². The number of nitrogens with zero attached hydrogens (tertiary/aromatic N) is 2. The molecule has 0 amide bonds. The maximum absolute atomic E-state index is 5.98. The molecule has 22 heavy (non-hydrogen) atoms. The average Bonchev–Trinajstić information content (AvgIpc) is 2.80. The summed E-state index contributed by atoms with van der Waals surface area (Å²) in [5, 5.41) is 4.49. The van der Waals surface area contributed by atoms with Gasteiger partial charge in [-0.15, -0.1) is 0 Å². The first-order chi connectivity index (χ1) is 10.4. The number of anilines is 1. The Morgan fingerprint density at radius 2 is 1.91 bits per heavy atom. The van der Waals surface area contributed by atoms with Gasteiger partial charge in [0.2, 0.25) is 0 Å². The van der Waals surface area contributed by atoms with Crippen molar-refractivity contribution in [3.05, 3.63) is 47.7 Å². The van der Waals surface area contributed by atoms with Crippen molar-refractivity contribution in [1.29, 1.82) is 0 Å². The summed E-state index contributed by atoms with van der Waals surface area (Å²) in [4.78, 5) is 0. The van der Waals surface area contributed by atoms with Crippen molar-refractivity contribution in [2.75, 3.05) is 5.73 Å². The fourth-order valence-electron chi connectivity index (χ4n) is 2.91. The number of hydrogen-bond donors (Lipinski definition) is 1. The predicted molar refractivity (Wildman–Crippen MR) is 88.6 cm³/mol. The zero-order valence-electron chi connectivity index (χ0n) is 13.6. The van der Waals surface area contributed by atoms with Gasteiger partial charge in [-0.05, 0) is 18.4 Å². The summed E-state index contributed by atoms with van der Waals surface area (Å²) < 4.78 is 8.08. The van der Waals surface area contributed by atoms with Gasteiger partial charge in [-0.1, -0.05) is 51.1 Å². The molecule has 0 saturated heterocycles. The van der Waals surface area contributed by atoms with Crippen molar-refractivity contribution in [3.8, 4) is 0 Å². The lowest BCUT2D eigenvalue weighted by atomic mass is 9.86. The zero-order valence-corrected chi connectivity index (χ0v) is 13.6. The van der Waals surface area contributed by atoms with Crippen molar-refractivity contribution in [3.63, 3.8) is 0 Å². The molecule has 3 rings (SSSR count). The summed E-state index contributed by atoms with van der Waals surface area (Å²) in [6, 6.07) is 12.7. The number of aromatic nitrogens is 2. The standard InChI is InChI=1S/C18H25N3O/c1-18(2,3)16-11-17(19)20-21(16)14-9-15(10-14)22-12-13-7-5-4-6-8-13/h4-8,11,14-15H,9-10,12H2,1-3H3,(H2,19,20). The molecule has 1 aromatic heterocycles. The van der Waals surface area contributed by atoms with Crippen LogP contribution in [0.2, 0.25) is 0 Å². The van der Waals surface area contributed by atoms with E-state index in [4.69, 9.17) is 10.5 Å². The van der Waals surface area contributed by atoms with Gasteiger partial charge in [0.15, 0.2) is 0 Å². The zero-order chi connectivity index (χ0) is 15.7. The number of ether oxygens (including phenoxy) is 1. The van der Waals surface area contributed by atoms with Crippen molar-refractivity contribution in [1.82, 2.24) is 9.78 Å². The molecule has 0 spiro atoms. The molecule has 1 heterocycles. The monoisotopic (exact) mass is 299 g/mol. The highest BCUT2D eigenvalue weighted by Crippen LogP contribution is 2.38. The van der Waals surface area contributed by atoms with Crippen LogP contribution in [0.1, 0.15) is 50.9 Å². The minimum Gasteiger partial charge on any atom is -0.382 e.